The standard InChI is InChI=1S/C29H18N8O2/c30-16-20-17-33-37(29-31-13-6-14-32-29)27(20)36-35-24-15-19-8-2-4-11-22(19)25(26(24)38)28(39)34-23-12-5-9-18-7-1-3-10-21(18)23/h1-15,17,38H,(H,34,39)/b36-35+. The summed E-state index contributed by atoms with van der Waals surface area (Å²) in [4.78, 5) is 21.9. The van der Waals surface area contributed by atoms with Crippen LogP contribution in [-0.2, 0) is 0 Å². The maximum absolute atomic E-state index is 13.6. The summed E-state index contributed by atoms with van der Waals surface area (Å²) < 4.78 is 1.27. The lowest BCUT2D eigenvalue weighted by Gasteiger charge is -2.13. The van der Waals surface area contributed by atoms with Gasteiger partial charge in [0.2, 0.25) is 0 Å². The number of carbonyl (C=O) groups excluding carboxylic acids is 1. The number of anilines is 1. The van der Waals surface area contributed by atoms with E-state index >= 15 is 0 Å². The number of phenolic OH excluding ortho intramolecular Hbond substituents is 1. The minimum absolute atomic E-state index is 0.0439. The fourth-order valence-electron chi connectivity index (χ4n) is 4.31. The minimum atomic E-state index is -0.502. The fraction of sp³-hybridized carbons (Fsp3) is 0. The highest BCUT2D eigenvalue weighted by atomic mass is 16.3. The lowest BCUT2D eigenvalue weighted by Crippen LogP contribution is -2.13. The van der Waals surface area contributed by atoms with E-state index in [0.29, 0.717) is 16.5 Å². The Bertz CT molecular complexity index is 1940. The van der Waals surface area contributed by atoms with Crippen LogP contribution in [0.5, 0.6) is 5.75 Å². The van der Waals surface area contributed by atoms with Crippen molar-refractivity contribution in [2.75, 3.05) is 5.32 Å². The van der Waals surface area contributed by atoms with Crippen molar-refractivity contribution in [2.24, 2.45) is 10.2 Å². The zero-order valence-corrected chi connectivity index (χ0v) is 20.2. The molecule has 2 aromatic heterocycles. The molecule has 0 saturated carbocycles. The molecule has 2 N–H and O–H groups in total. The molecule has 0 radical (unpaired) electrons. The number of hydrogen-bond acceptors (Lipinski definition) is 8. The van der Waals surface area contributed by atoms with Crippen molar-refractivity contribution in [1.82, 2.24) is 19.7 Å². The Morgan fingerprint density at radius 3 is 2.41 bits per heavy atom. The molecule has 6 rings (SSSR count). The third-order valence-corrected chi connectivity index (χ3v) is 6.12. The summed E-state index contributed by atoms with van der Waals surface area (Å²) in [5, 5.41) is 39.4. The molecule has 0 unspecified atom stereocenters. The largest absolute Gasteiger partial charge is 0.505 e. The molecule has 2 heterocycles. The third-order valence-electron chi connectivity index (χ3n) is 6.12. The van der Waals surface area contributed by atoms with Gasteiger partial charge in [0.25, 0.3) is 11.9 Å². The number of azo groups is 1. The number of hydrogen-bond donors (Lipinski definition) is 2. The number of nitriles is 1. The normalized spacial score (nSPS) is 11.2. The number of rotatable bonds is 5. The molecular formula is C29H18N8O2. The van der Waals surface area contributed by atoms with E-state index < -0.39 is 5.91 Å². The van der Waals surface area contributed by atoms with Crippen LogP contribution in [0.25, 0.3) is 27.5 Å². The van der Waals surface area contributed by atoms with Gasteiger partial charge in [-0.15, -0.1) is 10.2 Å². The van der Waals surface area contributed by atoms with E-state index in [9.17, 15) is 15.2 Å². The van der Waals surface area contributed by atoms with E-state index in [-0.39, 0.29) is 34.3 Å². The average Bonchev–Trinajstić information content (AvgIpc) is 3.39. The van der Waals surface area contributed by atoms with Gasteiger partial charge in [-0.1, -0.05) is 60.7 Å². The van der Waals surface area contributed by atoms with Crippen molar-refractivity contribution in [2.45, 2.75) is 0 Å². The highest BCUT2D eigenvalue weighted by molar-refractivity contribution is 6.18. The zero-order valence-electron chi connectivity index (χ0n) is 20.2. The van der Waals surface area contributed by atoms with Crippen LogP contribution in [-0.4, -0.2) is 30.8 Å². The minimum Gasteiger partial charge on any atom is -0.505 e. The highest BCUT2D eigenvalue weighted by Crippen LogP contribution is 2.39. The van der Waals surface area contributed by atoms with Crippen molar-refractivity contribution in [3.8, 4) is 17.8 Å². The molecule has 0 spiro atoms. The van der Waals surface area contributed by atoms with Crippen LogP contribution in [0.1, 0.15) is 15.9 Å². The molecule has 0 fully saturated rings. The van der Waals surface area contributed by atoms with Crippen LogP contribution in [0.2, 0.25) is 0 Å². The molecule has 39 heavy (non-hydrogen) atoms. The summed E-state index contributed by atoms with van der Waals surface area (Å²) in [7, 11) is 0. The van der Waals surface area contributed by atoms with Crippen molar-refractivity contribution in [3.05, 3.63) is 109 Å². The average molecular weight is 511 g/mol. The van der Waals surface area contributed by atoms with Crippen molar-refractivity contribution in [3.63, 3.8) is 0 Å². The van der Waals surface area contributed by atoms with E-state index in [0.717, 1.165) is 10.8 Å². The van der Waals surface area contributed by atoms with Crippen LogP contribution in [0.4, 0.5) is 17.2 Å². The second-order valence-electron chi connectivity index (χ2n) is 8.48. The molecule has 0 aliphatic carbocycles. The number of fused-ring (bicyclic) bond motifs is 2. The van der Waals surface area contributed by atoms with E-state index in [1.54, 1.807) is 30.3 Å². The van der Waals surface area contributed by atoms with Gasteiger partial charge in [-0.3, -0.25) is 4.79 Å². The van der Waals surface area contributed by atoms with Gasteiger partial charge in [-0.25, -0.2) is 9.97 Å². The Hall–Kier alpha value is -5.95. The first-order chi connectivity index (χ1) is 19.1. The lowest BCUT2D eigenvalue weighted by atomic mass is 10.0. The molecule has 0 aliphatic heterocycles. The molecule has 4 aromatic carbocycles. The number of aromatic nitrogens is 4. The smallest absolute Gasteiger partial charge is 0.260 e. The highest BCUT2D eigenvalue weighted by Gasteiger charge is 2.21. The Kier molecular flexibility index (Phi) is 5.91. The monoisotopic (exact) mass is 510 g/mol. The number of carbonyl (C=O) groups is 1. The molecule has 0 bridgehead atoms. The van der Waals surface area contributed by atoms with Crippen LogP contribution < -0.4 is 5.32 Å². The number of aromatic hydroxyl groups is 1. The maximum Gasteiger partial charge on any atom is 0.260 e. The van der Waals surface area contributed by atoms with Crippen molar-refractivity contribution in [1.29, 1.82) is 5.26 Å². The van der Waals surface area contributed by atoms with Gasteiger partial charge < -0.3 is 10.4 Å². The lowest BCUT2D eigenvalue weighted by molar-refractivity contribution is 0.102. The molecule has 186 valence electrons. The van der Waals surface area contributed by atoms with Gasteiger partial charge in [0.05, 0.1) is 11.8 Å². The number of nitrogens with zero attached hydrogens (tertiary/aromatic N) is 7. The SMILES string of the molecule is N#Cc1cnn(-c2ncccn2)c1/N=N/c1cc2ccccc2c(C(=O)Nc2cccc3ccccc23)c1O. The third kappa shape index (κ3) is 4.30. The summed E-state index contributed by atoms with van der Waals surface area (Å²) in [5.41, 5.74) is 0.845. The van der Waals surface area contributed by atoms with Crippen LogP contribution in [0, 0.1) is 11.3 Å². The Labute approximate surface area is 221 Å². The molecular weight excluding hydrogens is 492 g/mol. The van der Waals surface area contributed by atoms with Crippen LogP contribution in [0.15, 0.2) is 108 Å². The fourth-order valence-corrected chi connectivity index (χ4v) is 4.31. The Balaban J connectivity index is 1.44. The van der Waals surface area contributed by atoms with E-state index in [1.165, 1.54) is 23.3 Å². The number of amides is 1. The summed E-state index contributed by atoms with van der Waals surface area (Å²) in [6.07, 6.45) is 4.40. The molecule has 10 heteroatoms. The first kappa shape index (κ1) is 23.4. The summed E-state index contributed by atoms with van der Waals surface area (Å²) in [6, 6.07) is 25.8. The number of benzene rings is 4. The summed E-state index contributed by atoms with van der Waals surface area (Å²) in [5.74, 6) is -0.572. The molecule has 0 atom stereocenters. The van der Waals surface area contributed by atoms with Gasteiger partial charge in [0.1, 0.15) is 17.3 Å². The number of nitrogens with one attached hydrogen (secondary N) is 1. The topological polar surface area (TPSA) is 141 Å². The molecule has 0 saturated heterocycles. The zero-order chi connectivity index (χ0) is 26.8. The molecule has 0 aliphatic rings. The maximum atomic E-state index is 13.6. The van der Waals surface area contributed by atoms with Gasteiger partial charge >= 0.3 is 0 Å². The second kappa shape index (κ2) is 9.84. The predicted octanol–water partition coefficient (Wildman–Crippen LogP) is 6.21. The quantitative estimate of drug-likeness (QED) is 0.264. The van der Waals surface area contributed by atoms with Crippen LogP contribution in [0.3, 0.4) is 0 Å². The van der Waals surface area contributed by atoms with Crippen molar-refractivity contribution >= 4 is 44.6 Å². The summed E-state index contributed by atoms with van der Waals surface area (Å²) >= 11 is 0. The van der Waals surface area contributed by atoms with E-state index in [1.807, 2.05) is 54.6 Å². The molecule has 1 amide bonds. The van der Waals surface area contributed by atoms with Crippen LogP contribution >= 0.6 is 0 Å². The van der Waals surface area contributed by atoms with Gasteiger partial charge in [-0.2, -0.15) is 15.0 Å². The van der Waals surface area contributed by atoms with E-state index in [4.69, 9.17) is 0 Å². The first-order valence-electron chi connectivity index (χ1n) is 11.8. The summed E-state index contributed by atoms with van der Waals surface area (Å²) in [6.45, 7) is 0. The first-order valence-corrected chi connectivity index (χ1v) is 11.8. The number of phenols is 1. The van der Waals surface area contributed by atoms with Crippen molar-refractivity contribution < 1.29 is 9.90 Å². The van der Waals surface area contributed by atoms with Gasteiger partial charge in [0.15, 0.2) is 11.6 Å². The molecule has 10 nitrogen and oxygen atoms in total. The van der Waals surface area contributed by atoms with E-state index in [2.05, 4.69) is 30.6 Å². The Morgan fingerprint density at radius 1 is 0.897 bits per heavy atom. The predicted molar refractivity (Wildman–Crippen MR) is 146 cm³/mol. The Morgan fingerprint density at radius 2 is 1.62 bits per heavy atom. The molecule has 6 aromatic rings. The van der Waals surface area contributed by atoms with Gasteiger partial charge in [0, 0.05) is 23.5 Å². The second-order valence-corrected chi connectivity index (χ2v) is 8.48. The van der Waals surface area contributed by atoms with Gasteiger partial charge in [-0.05, 0) is 34.4 Å².